The number of ether oxygens (including phenoxy) is 1. The van der Waals surface area contributed by atoms with Crippen molar-refractivity contribution >= 4 is 57.8 Å². The van der Waals surface area contributed by atoms with Gasteiger partial charge in [0.05, 0.1) is 28.1 Å². The van der Waals surface area contributed by atoms with Crippen molar-refractivity contribution in [1.82, 2.24) is 34.1 Å². The maximum atomic E-state index is 15.5. The minimum atomic E-state index is -0.879. The van der Waals surface area contributed by atoms with Gasteiger partial charge in [0.1, 0.15) is 34.7 Å². The maximum absolute atomic E-state index is 15.5. The lowest BCUT2D eigenvalue weighted by molar-refractivity contribution is 0.0130. The summed E-state index contributed by atoms with van der Waals surface area (Å²) < 4.78 is 39.2. The second-order valence-electron chi connectivity index (χ2n) is 14.3. The van der Waals surface area contributed by atoms with Crippen molar-refractivity contribution < 1.29 is 18.3 Å². The third-order valence-corrected chi connectivity index (χ3v) is 11.4. The van der Waals surface area contributed by atoms with Gasteiger partial charge in [-0.1, -0.05) is 23.2 Å². The number of aromatic nitrogens is 5. The molecule has 50 heavy (non-hydrogen) atoms. The van der Waals surface area contributed by atoms with Crippen LogP contribution >= 0.6 is 35.0 Å². The predicted octanol–water partition coefficient (Wildman–Crippen LogP) is 6.55. The highest BCUT2D eigenvalue weighted by Gasteiger charge is 2.38. The minimum absolute atomic E-state index is 0.0420. The minimum Gasteiger partial charge on any atom is -0.444 e. The number of carbonyl (C=O) groups excluding carboxylic acids is 1. The highest BCUT2D eigenvalue weighted by Crippen LogP contribution is 2.49. The number of thioether (sulfide) groups is 1. The molecule has 2 aromatic heterocycles. The van der Waals surface area contributed by atoms with Crippen LogP contribution in [0.4, 0.5) is 19.4 Å². The summed E-state index contributed by atoms with van der Waals surface area (Å²) >= 11 is 14.6. The summed E-state index contributed by atoms with van der Waals surface area (Å²) in [5.41, 5.74) is -0.141. The molecule has 4 aromatic rings. The smallest absolute Gasteiger partial charge is 0.410 e. The lowest BCUT2D eigenvalue weighted by Gasteiger charge is -2.45. The Morgan fingerprint density at radius 2 is 1.80 bits per heavy atom. The Bertz CT molecular complexity index is 2090. The molecule has 1 fully saturated rings. The summed E-state index contributed by atoms with van der Waals surface area (Å²) in [6, 6.07) is 2.91. The number of anilines is 1. The fraction of sp³-hybridized carbons (Fsp3) is 0.500. The summed E-state index contributed by atoms with van der Waals surface area (Å²) in [7, 11) is 0. The van der Waals surface area contributed by atoms with E-state index in [2.05, 4.69) is 19.7 Å². The number of amides is 1. The molecule has 3 aliphatic heterocycles. The van der Waals surface area contributed by atoms with Gasteiger partial charge in [-0.15, -0.1) is 22.0 Å². The number of hydrogen-bond donors (Lipinski definition) is 0. The van der Waals surface area contributed by atoms with Crippen LogP contribution in [0.25, 0.3) is 22.0 Å². The summed E-state index contributed by atoms with van der Waals surface area (Å²) in [6.45, 7) is 14.7. The zero-order valence-electron chi connectivity index (χ0n) is 28.6. The molecule has 0 N–H and O–H groups in total. The molecule has 2 aromatic carbocycles. The van der Waals surface area contributed by atoms with Crippen molar-refractivity contribution in [3.05, 3.63) is 62.0 Å². The number of carbonyl (C=O) groups is 1. The van der Waals surface area contributed by atoms with Crippen molar-refractivity contribution in [2.24, 2.45) is 0 Å². The van der Waals surface area contributed by atoms with E-state index in [1.54, 1.807) is 15.5 Å². The Hall–Kier alpha value is -3.46. The van der Waals surface area contributed by atoms with E-state index < -0.39 is 29.0 Å². The number of aryl methyl sites for hydroxylation is 1. The van der Waals surface area contributed by atoms with Crippen LogP contribution < -0.4 is 10.6 Å². The fourth-order valence-corrected chi connectivity index (χ4v) is 9.03. The highest BCUT2D eigenvalue weighted by atomic mass is 35.5. The lowest BCUT2D eigenvalue weighted by Crippen LogP contribution is -2.59. The normalized spacial score (nSPS) is 21.1. The van der Waals surface area contributed by atoms with E-state index in [9.17, 15) is 14.0 Å². The Labute approximate surface area is 302 Å². The van der Waals surface area contributed by atoms with E-state index in [-0.39, 0.29) is 33.7 Å². The number of halogens is 4. The van der Waals surface area contributed by atoms with Gasteiger partial charge in [-0.05, 0) is 53.7 Å². The summed E-state index contributed by atoms with van der Waals surface area (Å²) in [4.78, 5) is 38.6. The average Bonchev–Trinajstić information content (AvgIpc) is 3.41. The predicted molar refractivity (Wildman–Crippen MR) is 190 cm³/mol. The molecule has 266 valence electrons. The van der Waals surface area contributed by atoms with Gasteiger partial charge in [0.25, 0.3) is 0 Å². The average molecular weight is 748 g/mol. The second kappa shape index (κ2) is 12.9. The monoisotopic (exact) mass is 746 g/mol. The molecular formula is C34H38Cl2F2N8O3S. The first kappa shape index (κ1) is 35.0. The van der Waals surface area contributed by atoms with Crippen LogP contribution in [0.1, 0.15) is 52.3 Å². The van der Waals surface area contributed by atoms with Crippen molar-refractivity contribution in [2.75, 3.05) is 36.8 Å². The van der Waals surface area contributed by atoms with Crippen LogP contribution in [0.2, 0.25) is 10.0 Å². The molecule has 0 saturated carbocycles. The molecule has 0 spiro atoms. The Balaban J connectivity index is 1.34. The topological polar surface area (TPSA) is 102 Å². The first-order chi connectivity index (χ1) is 23.6. The third-order valence-electron chi connectivity index (χ3n) is 9.53. The molecule has 0 bridgehead atoms. The van der Waals surface area contributed by atoms with Gasteiger partial charge in [0.15, 0.2) is 0 Å². The zero-order valence-corrected chi connectivity index (χ0v) is 31.0. The van der Waals surface area contributed by atoms with Crippen LogP contribution in [0, 0.1) is 18.6 Å². The molecule has 1 saturated heterocycles. The molecule has 5 heterocycles. The first-order valence-corrected chi connectivity index (χ1v) is 18.3. The quantitative estimate of drug-likeness (QED) is 0.216. The van der Waals surface area contributed by atoms with E-state index in [0.29, 0.717) is 59.1 Å². The molecule has 0 radical (unpaired) electrons. The maximum Gasteiger partial charge on any atom is 0.410 e. The Morgan fingerprint density at radius 1 is 1.04 bits per heavy atom. The Morgan fingerprint density at radius 3 is 2.54 bits per heavy atom. The van der Waals surface area contributed by atoms with E-state index in [0.717, 1.165) is 30.8 Å². The molecule has 3 aliphatic rings. The number of benzene rings is 2. The molecule has 3 atom stereocenters. The molecular weight excluding hydrogens is 709 g/mol. The standard InChI is InChI=1S/C34H38Cl2F2N8O3S/c1-17-13-45(33(48)49-34(4,5)6)18(2)12-44(17)31-22-10-24(36)28(21-9-23(35)26(38)11-25(21)37)30-29(22)46(32(47)39-31)20(16-50-30)14-42-7-8-43-19(3)40-41-27(43)15-42/h9-11,17-18,20H,7-8,12-16H2,1-6H3/t17-,18+,20-/m0/s1. The van der Waals surface area contributed by atoms with E-state index >= 15 is 4.39 Å². The van der Waals surface area contributed by atoms with Crippen LogP contribution in [0.3, 0.4) is 0 Å². The summed E-state index contributed by atoms with van der Waals surface area (Å²) in [5, 5.41) is 9.16. The van der Waals surface area contributed by atoms with Gasteiger partial charge in [0.2, 0.25) is 0 Å². The highest BCUT2D eigenvalue weighted by molar-refractivity contribution is 7.99. The van der Waals surface area contributed by atoms with Crippen molar-refractivity contribution in [3.63, 3.8) is 0 Å². The van der Waals surface area contributed by atoms with E-state index in [4.69, 9.17) is 32.9 Å². The van der Waals surface area contributed by atoms with Crippen molar-refractivity contribution in [3.8, 4) is 11.1 Å². The van der Waals surface area contributed by atoms with Gasteiger partial charge in [0, 0.05) is 78.0 Å². The van der Waals surface area contributed by atoms with Gasteiger partial charge < -0.3 is 19.1 Å². The second-order valence-corrected chi connectivity index (χ2v) is 16.1. The molecule has 7 rings (SSSR count). The molecule has 16 heteroatoms. The van der Waals surface area contributed by atoms with Crippen LogP contribution in [0.15, 0.2) is 27.9 Å². The van der Waals surface area contributed by atoms with E-state index in [1.165, 1.54) is 17.8 Å². The van der Waals surface area contributed by atoms with Gasteiger partial charge in [-0.25, -0.2) is 18.4 Å². The Kier molecular flexibility index (Phi) is 9.05. The fourth-order valence-electron chi connectivity index (χ4n) is 7.18. The van der Waals surface area contributed by atoms with Crippen LogP contribution in [-0.4, -0.2) is 89.8 Å². The van der Waals surface area contributed by atoms with Crippen molar-refractivity contribution in [2.45, 2.75) is 83.3 Å². The van der Waals surface area contributed by atoms with Crippen LogP contribution in [0.5, 0.6) is 0 Å². The largest absolute Gasteiger partial charge is 0.444 e. The van der Waals surface area contributed by atoms with Gasteiger partial charge in [-0.3, -0.25) is 9.47 Å². The van der Waals surface area contributed by atoms with Crippen molar-refractivity contribution in [1.29, 1.82) is 0 Å². The number of rotatable bonds is 4. The van der Waals surface area contributed by atoms with E-state index in [1.807, 2.05) is 46.4 Å². The molecule has 11 nitrogen and oxygen atoms in total. The number of fused-ring (bicyclic) bond motifs is 1. The molecule has 0 unspecified atom stereocenters. The van der Waals surface area contributed by atoms with Gasteiger partial charge in [-0.2, -0.15) is 4.98 Å². The third kappa shape index (κ3) is 6.22. The van der Waals surface area contributed by atoms with Gasteiger partial charge >= 0.3 is 11.8 Å². The lowest BCUT2D eigenvalue weighted by atomic mass is 10.0. The number of nitrogens with zero attached hydrogens (tertiary/aromatic N) is 8. The van der Waals surface area contributed by atoms with Crippen LogP contribution in [-0.2, 0) is 17.8 Å². The molecule has 0 aliphatic carbocycles. The SMILES string of the molecule is Cc1nnc2n1CCN(C[C@H]1CSc3c(-c4cc(Cl)c(F)cc4F)c(Cl)cc4c(N5C[C@@H](C)N(C(=O)OC(C)(C)C)C[C@@H]5C)nc(=O)n1c34)C2. The number of piperazine rings is 1. The zero-order chi connectivity index (χ0) is 35.8. The number of hydrogen-bond acceptors (Lipinski definition) is 9. The first-order valence-electron chi connectivity index (χ1n) is 16.5. The summed E-state index contributed by atoms with van der Waals surface area (Å²) in [6.07, 6.45) is -0.403. The summed E-state index contributed by atoms with van der Waals surface area (Å²) in [5.74, 6) is 0.957. The molecule has 1 amide bonds.